The Hall–Kier alpha value is -4.30. The van der Waals surface area contributed by atoms with Crippen molar-refractivity contribution in [2.75, 3.05) is 65.4 Å². The van der Waals surface area contributed by atoms with E-state index in [-0.39, 0.29) is 47.8 Å². The fourth-order valence-electron chi connectivity index (χ4n) is 10.5. The van der Waals surface area contributed by atoms with Crippen LogP contribution in [0.3, 0.4) is 0 Å². The molecule has 7 rings (SSSR count). The van der Waals surface area contributed by atoms with Crippen molar-refractivity contribution in [1.82, 2.24) is 36.0 Å². The van der Waals surface area contributed by atoms with Crippen molar-refractivity contribution in [3.05, 3.63) is 94.0 Å². The lowest BCUT2D eigenvalue weighted by Gasteiger charge is -2.31. The Bertz CT molecular complexity index is 2380. The monoisotopic (exact) mass is 1010 g/mol. The minimum atomic E-state index is -0.311. The van der Waals surface area contributed by atoms with Gasteiger partial charge in [-0.2, -0.15) is 0 Å². The molecule has 12 nitrogen and oxygen atoms in total. The Morgan fingerprint density at radius 3 is 1.46 bits per heavy atom. The highest BCUT2D eigenvalue weighted by molar-refractivity contribution is 6.31. The molecule has 71 heavy (non-hydrogen) atoms. The van der Waals surface area contributed by atoms with E-state index in [0.717, 1.165) is 92.9 Å². The summed E-state index contributed by atoms with van der Waals surface area (Å²) in [6.45, 7) is 21.0. The van der Waals surface area contributed by atoms with Crippen LogP contribution in [0, 0.1) is 23.7 Å². The van der Waals surface area contributed by atoms with Gasteiger partial charge in [0, 0.05) is 79.1 Å². The molecule has 0 spiro atoms. The third kappa shape index (κ3) is 16.3. The quantitative estimate of drug-likeness (QED) is 0.0624. The Balaban J connectivity index is 0.000000235. The van der Waals surface area contributed by atoms with Crippen LogP contribution in [0.2, 0.25) is 10.0 Å². The van der Waals surface area contributed by atoms with Crippen molar-refractivity contribution in [3.8, 4) is 0 Å². The van der Waals surface area contributed by atoms with Gasteiger partial charge in [0.15, 0.2) is 0 Å². The number of hydrogen-bond donors (Lipinski definition) is 5. The Morgan fingerprint density at radius 2 is 1.04 bits per heavy atom. The van der Waals surface area contributed by atoms with Crippen molar-refractivity contribution in [1.29, 1.82) is 0 Å². The number of amides is 4. The summed E-state index contributed by atoms with van der Waals surface area (Å²) in [7, 11) is 0. The fourth-order valence-corrected chi connectivity index (χ4v) is 10.8. The number of carbonyl (C=O) groups is 4. The lowest BCUT2D eigenvalue weighted by molar-refractivity contribution is -0.134. The van der Waals surface area contributed by atoms with E-state index in [2.05, 4.69) is 72.6 Å². The molecule has 0 saturated carbocycles. The van der Waals surface area contributed by atoms with Crippen molar-refractivity contribution in [2.24, 2.45) is 29.4 Å². The molecule has 3 fully saturated rings. The third-order valence-corrected chi connectivity index (χ3v) is 15.7. The SMILES string of the molecule is CCC(CN1CC[C@@H](CNC(=O)c2ccc3cc(Cl)ccc3c2)N[C@@H](CCN)C1=O)C(C)C.CCC(CN1CC[C@@H](CNC(=O)c2ccc3cc(Cl)ccc3c2)N[C@@H](CCN2CCCCC2)C1=O)C(C)C. The van der Waals surface area contributed by atoms with Crippen LogP contribution in [-0.4, -0.2) is 128 Å². The number of hydrogen-bond acceptors (Lipinski definition) is 8. The summed E-state index contributed by atoms with van der Waals surface area (Å²) in [5.74, 6) is 2.19. The van der Waals surface area contributed by atoms with Gasteiger partial charge < -0.3 is 41.7 Å². The molecule has 14 heteroatoms. The van der Waals surface area contributed by atoms with Crippen LogP contribution >= 0.6 is 23.2 Å². The summed E-state index contributed by atoms with van der Waals surface area (Å²) < 4.78 is 0. The summed E-state index contributed by atoms with van der Waals surface area (Å²) in [6.07, 6.45) is 8.96. The fraction of sp³-hybridized carbons (Fsp3) is 0.579. The van der Waals surface area contributed by atoms with E-state index in [1.807, 2.05) is 77.7 Å². The van der Waals surface area contributed by atoms with Crippen LogP contribution in [0.1, 0.15) is 120 Å². The molecule has 0 aliphatic carbocycles. The number of likely N-dealkylation sites (tertiary alicyclic amines) is 1. The predicted molar refractivity (Wildman–Crippen MR) is 292 cm³/mol. The number of nitrogens with two attached hydrogens (primary N) is 1. The van der Waals surface area contributed by atoms with Gasteiger partial charge in [-0.3, -0.25) is 19.2 Å². The van der Waals surface area contributed by atoms with Gasteiger partial charge >= 0.3 is 0 Å². The molecular formula is C57H82Cl2N8O4. The zero-order valence-corrected chi connectivity index (χ0v) is 44.8. The number of fused-ring (bicyclic) bond motifs is 2. The number of nitrogens with one attached hydrogen (secondary N) is 4. The first-order chi connectivity index (χ1) is 34.1. The van der Waals surface area contributed by atoms with E-state index in [9.17, 15) is 19.2 Å². The molecule has 0 radical (unpaired) electrons. The first-order valence-corrected chi connectivity index (χ1v) is 27.4. The van der Waals surface area contributed by atoms with Gasteiger partial charge in [0.25, 0.3) is 11.8 Å². The summed E-state index contributed by atoms with van der Waals surface area (Å²) in [5, 5.41) is 18.6. The standard InChI is InChI=1S/C31H45ClN4O2.C26H37ClN4O2/c1-4-23(22(2)3)21-36-17-12-28(34-29(31(36)38)13-16-35-14-6-5-7-15-35)20-33-30(37)26-9-8-25-19-27(32)11-10-24(25)18-26;1-4-18(17(2)3)16-31-12-10-23(30-24(9-11-28)26(31)33)15-29-25(32)21-6-5-20-14-22(27)8-7-19(20)13-21/h8-11,18-19,22-23,28-29,34H,4-7,12-17,20-21H2,1-3H3,(H,33,37);5-8,13-14,17-18,23-24,30H,4,9-12,15-16,28H2,1-3H3,(H,29,32)/t23?,28-,29-;18?,23-,24-/m00/s1. The number of nitrogens with zero attached hydrogens (tertiary/aromatic N) is 3. The topological polar surface area (TPSA) is 152 Å². The van der Waals surface area contributed by atoms with Gasteiger partial charge in [0.2, 0.25) is 11.8 Å². The largest absolute Gasteiger partial charge is 0.350 e. The van der Waals surface area contributed by atoms with Crippen LogP contribution < -0.4 is 27.0 Å². The second-order valence-electron chi connectivity index (χ2n) is 20.9. The van der Waals surface area contributed by atoms with Gasteiger partial charge in [-0.15, -0.1) is 0 Å². The molecule has 6 N–H and O–H groups in total. The zero-order chi connectivity index (χ0) is 51.0. The average molecular weight is 1010 g/mol. The first kappa shape index (κ1) is 56.0. The lowest BCUT2D eigenvalue weighted by atomic mass is 9.92. The molecule has 2 unspecified atom stereocenters. The lowest BCUT2D eigenvalue weighted by Crippen LogP contribution is -2.50. The third-order valence-electron chi connectivity index (χ3n) is 15.2. The van der Waals surface area contributed by atoms with Crippen LogP contribution in [0.25, 0.3) is 21.5 Å². The van der Waals surface area contributed by atoms with E-state index >= 15 is 0 Å². The van der Waals surface area contributed by atoms with E-state index in [0.29, 0.717) is 77.4 Å². The van der Waals surface area contributed by atoms with Crippen LogP contribution in [0.5, 0.6) is 0 Å². The first-order valence-electron chi connectivity index (χ1n) is 26.6. The van der Waals surface area contributed by atoms with E-state index in [1.54, 1.807) is 0 Å². The Labute approximate surface area is 433 Å². The van der Waals surface area contributed by atoms with Gasteiger partial charge in [-0.25, -0.2) is 0 Å². The maximum atomic E-state index is 13.7. The summed E-state index contributed by atoms with van der Waals surface area (Å²) >= 11 is 12.2. The van der Waals surface area contributed by atoms with Crippen molar-refractivity contribution in [2.45, 2.75) is 123 Å². The molecule has 4 amide bonds. The second kappa shape index (κ2) is 27.7. The van der Waals surface area contributed by atoms with Crippen LogP contribution in [0.4, 0.5) is 0 Å². The average Bonchev–Trinajstić information content (AvgIpc) is 3.61. The molecular weight excluding hydrogens is 932 g/mol. The highest BCUT2D eigenvalue weighted by Gasteiger charge is 2.34. The molecule has 4 aromatic carbocycles. The molecule has 3 saturated heterocycles. The van der Waals surface area contributed by atoms with Crippen LogP contribution in [-0.2, 0) is 9.59 Å². The van der Waals surface area contributed by atoms with Gasteiger partial charge in [0.05, 0.1) is 12.1 Å². The number of piperidine rings is 1. The molecule has 3 heterocycles. The molecule has 3 aliphatic heterocycles. The van der Waals surface area contributed by atoms with Gasteiger partial charge in [-0.1, -0.05) is 108 Å². The zero-order valence-electron chi connectivity index (χ0n) is 43.3. The predicted octanol–water partition coefficient (Wildman–Crippen LogP) is 9.15. The van der Waals surface area contributed by atoms with E-state index in [1.165, 1.54) is 19.3 Å². The van der Waals surface area contributed by atoms with Gasteiger partial charge in [0.1, 0.15) is 0 Å². The molecule has 0 aromatic heterocycles. The molecule has 4 aromatic rings. The Morgan fingerprint density at radius 1 is 0.620 bits per heavy atom. The van der Waals surface area contributed by atoms with Crippen molar-refractivity contribution in [3.63, 3.8) is 0 Å². The van der Waals surface area contributed by atoms with Gasteiger partial charge in [-0.05, 0) is 152 Å². The number of halogens is 2. The van der Waals surface area contributed by atoms with E-state index in [4.69, 9.17) is 28.9 Å². The molecule has 388 valence electrons. The highest BCUT2D eigenvalue weighted by Crippen LogP contribution is 2.25. The molecule has 3 aliphatic rings. The number of rotatable bonds is 19. The maximum absolute atomic E-state index is 13.7. The number of carbonyl (C=O) groups excluding carboxylic acids is 4. The minimum Gasteiger partial charge on any atom is -0.350 e. The summed E-state index contributed by atoms with van der Waals surface area (Å²) in [5.41, 5.74) is 7.05. The number of benzene rings is 4. The second-order valence-corrected chi connectivity index (χ2v) is 21.8. The van der Waals surface area contributed by atoms with Crippen molar-refractivity contribution < 1.29 is 19.2 Å². The van der Waals surface area contributed by atoms with Crippen molar-refractivity contribution >= 4 is 68.4 Å². The minimum absolute atomic E-state index is 0.0119. The smallest absolute Gasteiger partial charge is 0.251 e. The molecule has 0 bridgehead atoms. The Kier molecular flexibility index (Phi) is 21.8. The summed E-state index contributed by atoms with van der Waals surface area (Å²) in [6, 6.07) is 22.1. The maximum Gasteiger partial charge on any atom is 0.251 e. The van der Waals surface area contributed by atoms with Crippen LogP contribution in [0.15, 0.2) is 72.8 Å². The summed E-state index contributed by atoms with van der Waals surface area (Å²) in [4.78, 5) is 59.3. The highest BCUT2D eigenvalue weighted by atomic mass is 35.5. The normalized spacial score (nSPS) is 21.2. The van der Waals surface area contributed by atoms with E-state index < -0.39 is 0 Å². The molecule has 6 atom stereocenters.